The van der Waals surface area contributed by atoms with Crippen LogP contribution >= 0.6 is 0 Å². The molecule has 0 heterocycles. The zero-order chi connectivity index (χ0) is 6.69. The zero-order valence-electron chi connectivity index (χ0n) is 6.60. The summed E-state index contributed by atoms with van der Waals surface area (Å²) in [6.45, 7) is 0. The van der Waals surface area contributed by atoms with Crippen LogP contribution in [0.15, 0.2) is 24.3 Å². The summed E-state index contributed by atoms with van der Waals surface area (Å²) in [6, 6.07) is 6.84. The van der Waals surface area contributed by atoms with Gasteiger partial charge in [0.2, 0.25) is 0 Å². The van der Waals surface area contributed by atoms with Gasteiger partial charge in [-0.1, -0.05) is 29.7 Å². The van der Waals surface area contributed by atoms with Crippen molar-refractivity contribution >= 4 is 19.6 Å². The van der Waals surface area contributed by atoms with E-state index in [-0.39, 0.29) is 98.1 Å². The van der Waals surface area contributed by atoms with Crippen molar-refractivity contribution in [1.29, 1.82) is 0 Å². The maximum Gasteiger partial charge on any atom is 0.150 e. The molecule has 51 valence electrons. The van der Waals surface area contributed by atoms with Gasteiger partial charge in [0.25, 0.3) is 0 Å². The molecule has 1 rings (SSSR count). The molecule has 0 amide bonds. The van der Waals surface area contributed by atoms with E-state index in [0.29, 0.717) is 11.0 Å². The van der Waals surface area contributed by atoms with E-state index in [0.717, 1.165) is 6.29 Å². The molecule has 0 unspecified atom stereocenters. The molecule has 0 bridgehead atoms. The van der Waals surface area contributed by atoms with Gasteiger partial charge in [0.15, 0.2) is 0 Å². The molecular weight excluding hydrogens is 378 g/mol. The van der Waals surface area contributed by atoms with Crippen LogP contribution in [0.3, 0.4) is 0 Å². The second kappa shape index (κ2) is 11.3. The molecule has 0 N–H and O–H groups in total. The Morgan fingerprint density at radius 2 is 1.75 bits per heavy atom. The first-order valence-electron chi connectivity index (χ1n) is 2.63. The SMILES string of the molecule is [B]c1cccc(C=O)c1.[Y].[Y].[Y]. The van der Waals surface area contributed by atoms with E-state index in [1.807, 2.05) is 0 Å². The Labute approximate surface area is 149 Å². The summed E-state index contributed by atoms with van der Waals surface area (Å²) in [4.78, 5) is 10.1. The summed E-state index contributed by atoms with van der Waals surface area (Å²) < 4.78 is 0. The normalized spacial score (nSPS) is 6.67. The molecule has 0 aliphatic heterocycles. The number of rotatable bonds is 1. The Morgan fingerprint density at radius 1 is 1.17 bits per heavy atom. The summed E-state index contributed by atoms with van der Waals surface area (Å²) >= 11 is 0. The average Bonchev–Trinajstić information content (AvgIpc) is 1.88. The number of hydrogen-bond acceptors (Lipinski definition) is 1. The van der Waals surface area contributed by atoms with Crippen LogP contribution in [0, 0.1) is 0 Å². The van der Waals surface area contributed by atoms with E-state index in [1.54, 1.807) is 24.3 Å². The van der Waals surface area contributed by atoms with Crippen molar-refractivity contribution in [3.8, 4) is 0 Å². The predicted octanol–water partition coefficient (Wildman–Crippen LogP) is 0.285. The van der Waals surface area contributed by atoms with Crippen LogP contribution in [0.2, 0.25) is 0 Å². The van der Waals surface area contributed by atoms with Crippen molar-refractivity contribution in [3.63, 3.8) is 0 Å². The number of hydrogen-bond donors (Lipinski definition) is 0. The average molecular weight is 383 g/mol. The van der Waals surface area contributed by atoms with Gasteiger partial charge in [-0.2, -0.15) is 0 Å². The molecule has 0 aliphatic carbocycles. The molecule has 0 fully saturated rings. The fourth-order valence-corrected chi connectivity index (χ4v) is 0.632. The van der Waals surface area contributed by atoms with Crippen LogP contribution in [0.1, 0.15) is 10.4 Å². The Bertz CT molecular complexity index is 230. The molecule has 0 aromatic heterocycles. The first kappa shape index (κ1) is 19.8. The van der Waals surface area contributed by atoms with Crippen molar-refractivity contribution in [2.75, 3.05) is 0 Å². The molecular formula is C7H5BOY3. The van der Waals surface area contributed by atoms with Crippen LogP contribution in [-0.2, 0) is 98.1 Å². The van der Waals surface area contributed by atoms with E-state index in [4.69, 9.17) is 7.85 Å². The first-order chi connectivity index (χ1) is 4.33. The number of benzene rings is 1. The van der Waals surface area contributed by atoms with Crippen LogP contribution in [0.4, 0.5) is 0 Å². The predicted molar refractivity (Wildman–Crippen MR) is 37.2 cm³/mol. The van der Waals surface area contributed by atoms with Crippen molar-refractivity contribution < 1.29 is 103 Å². The van der Waals surface area contributed by atoms with Crippen molar-refractivity contribution in [3.05, 3.63) is 29.8 Å². The monoisotopic (exact) mass is 383 g/mol. The van der Waals surface area contributed by atoms with Gasteiger partial charge in [0, 0.05) is 104 Å². The van der Waals surface area contributed by atoms with Gasteiger partial charge < -0.3 is 0 Å². The Morgan fingerprint density at radius 3 is 2.08 bits per heavy atom. The van der Waals surface area contributed by atoms with Crippen LogP contribution in [0.25, 0.3) is 0 Å². The Hall–Kier alpha value is 2.27. The number of carbonyl (C=O) groups excluding carboxylic acids is 1. The second-order valence-electron chi connectivity index (χ2n) is 1.79. The van der Waals surface area contributed by atoms with Crippen LogP contribution < -0.4 is 5.46 Å². The maximum atomic E-state index is 10.1. The topological polar surface area (TPSA) is 17.1 Å². The quantitative estimate of drug-likeness (QED) is 0.504. The maximum absolute atomic E-state index is 10.1. The van der Waals surface area contributed by atoms with Gasteiger partial charge in [0.05, 0.1) is 0 Å². The molecule has 0 saturated carbocycles. The molecule has 5 heteroatoms. The van der Waals surface area contributed by atoms with E-state index >= 15 is 0 Å². The molecule has 1 aromatic carbocycles. The van der Waals surface area contributed by atoms with Gasteiger partial charge in [-0.25, -0.2) is 0 Å². The molecule has 12 heavy (non-hydrogen) atoms. The van der Waals surface area contributed by atoms with E-state index in [2.05, 4.69) is 0 Å². The third-order valence-corrected chi connectivity index (χ3v) is 1.05. The molecule has 1 aromatic rings. The van der Waals surface area contributed by atoms with Crippen molar-refractivity contribution in [2.24, 2.45) is 0 Å². The van der Waals surface area contributed by atoms with Gasteiger partial charge in [0.1, 0.15) is 14.1 Å². The minimum Gasteiger partial charge on any atom is -0.298 e. The third kappa shape index (κ3) is 7.65. The fraction of sp³-hybridized carbons (Fsp3) is 0. The van der Waals surface area contributed by atoms with Crippen LogP contribution in [0.5, 0.6) is 0 Å². The van der Waals surface area contributed by atoms with Gasteiger partial charge in [-0.3, -0.25) is 4.79 Å². The zero-order valence-corrected chi connectivity index (χ0v) is 15.1. The smallest absolute Gasteiger partial charge is 0.150 e. The number of aldehydes is 1. The minimum atomic E-state index is 0. The fourth-order valence-electron chi connectivity index (χ4n) is 0.632. The van der Waals surface area contributed by atoms with Gasteiger partial charge in [-0.15, -0.1) is 0 Å². The Balaban J connectivity index is -0.000000270. The van der Waals surface area contributed by atoms with Gasteiger partial charge >= 0.3 is 0 Å². The van der Waals surface area contributed by atoms with E-state index in [9.17, 15) is 4.79 Å². The minimum absolute atomic E-state index is 0. The molecule has 1 nitrogen and oxygen atoms in total. The molecule has 0 spiro atoms. The molecule has 0 atom stereocenters. The van der Waals surface area contributed by atoms with E-state index in [1.165, 1.54) is 0 Å². The number of carbonyl (C=O) groups is 1. The second-order valence-corrected chi connectivity index (χ2v) is 1.79. The van der Waals surface area contributed by atoms with E-state index < -0.39 is 0 Å². The summed E-state index contributed by atoms with van der Waals surface area (Å²) in [5.41, 5.74) is 1.25. The summed E-state index contributed by atoms with van der Waals surface area (Å²) in [5, 5.41) is 0. The van der Waals surface area contributed by atoms with Crippen molar-refractivity contribution in [2.45, 2.75) is 0 Å². The Kier molecular flexibility index (Phi) is 18.7. The van der Waals surface area contributed by atoms with Crippen LogP contribution in [-0.4, -0.2) is 14.1 Å². The third-order valence-electron chi connectivity index (χ3n) is 1.05. The van der Waals surface area contributed by atoms with Crippen molar-refractivity contribution in [1.82, 2.24) is 0 Å². The largest absolute Gasteiger partial charge is 0.298 e. The summed E-state index contributed by atoms with van der Waals surface area (Å²) in [6.07, 6.45) is 0.774. The molecule has 5 radical (unpaired) electrons. The van der Waals surface area contributed by atoms with Gasteiger partial charge in [-0.05, 0) is 0 Å². The first-order valence-corrected chi connectivity index (χ1v) is 2.63. The molecule has 0 aliphatic rings. The standard InChI is InChI=1S/C7H5BO.3Y/c8-7-3-1-2-6(4-7)5-9;;;/h1-5H;;;. The summed E-state index contributed by atoms with van der Waals surface area (Å²) in [5.74, 6) is 0. The summed E-state index contributed by atoms with van der Waals surface area (Å²) in [7, 11) is 5.38. The molecule has 0 saturated heterocycles.